The van der Waals surface area contributed by atoms with Crippen LogP contribution in [0.1, 0.15) is 11.1 Å². The maximum Gasteiger partial charge on any atom is 0.351 e. The van der Waals surface area contributed by atoms with Crippen LogP contribution in [0.4, 0.5) is 4.39 Å². The summed E-state index contributed by atoms with van der Waals surface area (Å²) < 4.78 is 16.6. The lowest BCUT2D eigenvalue weighted by Crippen LogP contribution is -2.28. The standard InChI is InChI=1S/C23H17FN4O/c1-15-9-11-17(12-10-15)21-25-22-19-7-2-3-8-20(19)27(23(29)28(22)26-21)14-16-5-4-6-18(24)13-16/h2-13H,14H2,1H3. The fourth-order valence-corrected chi connectivity index (χ4v) is 3.53. The molecule has 2 heterocycles. The Morgan fingerprint density at radius 3 is 2.55 bits per heavy atom. The molecule has 0 aliphatic carbocycles. The predicted octanol–water partition coefficient (Wildman–Crippen LogP) is 4.21. The number of hydrogen-bond donors (Lipinski definition) is 0. The van der Waals surface area contributed by atoms with E-state index in [9.17, 15) is 9.18 Å². The molecule has 2 aromatic heterocycles. The average Bonchev–Trinajstić information content (AvgIpc) is 3.18. The van der Waals surface area contributed by atoms with E-state index in [4.69, 9.17) is 0 Å². The number of hydrogen-bond acceptors (Lipinski definition) is 3. The summed E-state index contributed by atoms with van der Waals surface area (Å²) in [4.78, 5) is 17.9. The number of aryl methyl sites for hydroxylation is 1. The fraction of sp³-hybridized carbons (Fsp3) is 0.0870. The lowest BCUT2D eigenvalue weighted by atomic mass is 10.1. The first-order valence-electron chi connectivity index (χ1n) is 9.30. The highest BCUT2D eigenvalue weighted by Gasteiger charge is 2.16. The molecule has 0 unspecified atom stereocenters. The van der Waals surface area contributed by atoms with Crippen LogP contribution in [0.25, 0.3) is 27.9 Å². The topological polar surface area (TPSA) is 52.2 Å². The second-order valence-electron chi connectivity index (χ2n) is 7.05. The van der Waals surface area contributed by atoms with Gasteiger partial charge in [-0.2, -0.15) is 4.52 Å². The summed E-state index contributed by atoms with van der Waals surface area (Å²) >= 11 is 0. The summed E-state index contributed by atoms with van der Waals surface area (Å²) in [7, 11) is 0. The number of nitrogens with zero attached hydrogens (tertiary/aromatic N) is 4. The Kier molecular flexibility index (Phi) is 3.98. The highest BCUT2D eigenvalue weighted by molar-refractivity contribution is 5.91. The largest absolute Gasteiger partial charge is 0.351 e. The third kappa shape index (κ3) is 2.99. The summed E-state index contributed by atoms with van der Waals surface area (Å²) in [5.41, 5.74) is 3.62. The molecule has 0 atom stereocenters. The zero-order valence-electron chi connectivity index (χ0n) is 15.7. The Bertz CT molecular complexity index is 1420. The first-order valence-corrected chi connectivity index (χ1v) is 9.30. The molecule has 5 nitrogen and oxygen atoms in total. The minimum atomic E-state index is -0.330. The fourth-order valence-electron chi connectivity index (χ4n) is 3.53. The van der Waals surface area contributed by atoms with Gasteiger partial charge in [0.1, 0.15) is 5.82 Å². The van der Waals surface area contributed by atoms with Crippen molar-refractivity contribution in [3.8, 4) is 11.4 Å². The van der Waals surface area contributed by atoms with E-state index in [0.717, 1.165) is 22.0 Å². The number of rotatable bonds is 3. The van der Waals surface area contributed by atoms with Gasteiger partial charge in [-0.1, -0.05) is 54.1 Å². The van der Waals surface area contributed by atoms with Gasteiger partial charge < -0.3 is 0 Å². The van der Waals surface area contributed by atoms with Gasteiger partial charge in [-0.25, -0.2) is 14.2 Å². The molecule has 142 valence electrons. The zero-order chi connectivity index (χ0) is 20.0. The van der Waals surface area contributed by atoms with Gasteiger partial charge in [0.25, 0.3) is 0 Å². The maximum absolute atomic E-state index is 13.6. The molecule has 0 saturated heterocycles. The minimum absolute atomic E-state index is 0.243. The van der Waals surface area contributed by atoms with E-state index in [0.29, 0.717) is 17.0 Å². The SMILES string of the molecule is Cc1ccc(-c2nc3c4ccccc4n(Cc4cccc(F)c4)c(=O)n3n2)cc1. The molecule has 0 radical (unpaired) electrons. The van der Waals surface area contributed by atoms with Crippen molar-refractivity contribution < 1.29 is 4.39 Å². The Balaban J connectivity index is 1.76. The molecule has 0 amide bonds. The highest BCUT2D eigenvalue weighted by atomic mass is 19.1. The third-order valence-electron chi connectivity index (χ3n) is 4.99. The van der Waals surface area contributed by atoms with Crippen molar-refractivity contribution >= 4 is 16.6 Å². The first-order chi connectivity index (χ1) is 14.1. The van der Waals surface area contributed by atoms with Crippen LogP contribution in [0, 0.1) is 12.7 Å². The quantitative estimate of drug-likeness (QED) is 0.468. The van der Waals surface area contributed by atoms with E-state index < -0.39 is 0 Å². The molecule has 0 saturated carbocycles. The van der Waals surface area contributed by atoms with Crippen molar-refractivity contribution in [1.82, 2.24) is 19.2 Å². The molecular weight excluding hydrogens is 367 g/mol. The summed E-state index contributed by atoms with van der Waals surface area (Å²) in [6, 6.07) is 21.7. The van der Waals surface area contributed by atoms with E-state index in [1.807, 2.05) is 55.5 Å². The lowest BCUT2D eigenvalue weighted by molar-refractivity contribution is 0.622. The van der Waals surface area contributed by atoms with Crippen molar-refractivity contribution in [3.05, 3.63) is 100 Å². The van der Waals surface area contributed by atoms with Crippen LogP contribution in [0.2, 0.25) is 0 Å². The smallest absolute Gasteiger partial charge is 0.287 e. The Labute approximate surface area is 165 Å². The Hall–Kier alpha value is -3.80. The van der Waals surface area contributed by atoms with Gasteiger partial charge in [0.2, 0.25) is 0 Å². The summed E-state index contributed by atoms with van der Waals surface area (Å²) in [5.74, 6) is 0.166. The molecular formula is C23H17FN4O. The monoisotopic (exact) mass is 384 g/mol. The molecule has 0 spiro atoms. The van der Waals surface area contributed by atoms with E-state index in [1.165, 1.54) is 16.6 Å². The molecule has 0 aliphatic heterocycles. The first kappa shape index (κ1) is 17.3. The number of halogens is 1. The van der Waals surface area contributed by atoms with Gasteiger partial charge in [-0.3, -0.25) is 4.57 Å². The second-order valence-corrected chi connectivity index (χ2v) is 7.05. The molecule has 0 fully saturated rings. The van der Waals surface area contributed by atoms with Crippen LogP contribution in [-0.2, 0) is 6.54 Å². The molecule has 0 bridgehead atoms. The van der Waals surface area contributed by atoms with Crippen molar-refractivity contribution in [2.24, 2.45) is 0 Å². The van der Waals surface area contributed by atoms with E-state index in [1.54, 1.807) is 16.7 Å². The number of fused-ring (bicyclic) bond motifs is 3. The molecule has 29 heavy (non-hydrogen) atoms. The van der Waals surface area contributed by atoms with Gasteiger partial charge >= 0.3 is 5.69 Å². The molecule has 0 N–H and O–H groups in total. The highest BCUT2D eigenvalue weighted by Crippen LogP contribution is 2.22. The molecule has 6 heteroatoms. The van der Waals surface area contributed by atoms with E-state index in [2.05, 4.69) is 10.1 Å². The minimum Gasteiger partial charge on any atom is -0.287 e. The van der Waals surface area contributed by atoms with Crippen molar-refractivity contribution in [2.45, 2.75) is 13.5 Å². The summed E-state index contributed by atoms with van der Waals surface area (Å²) in [5, 5.41) is 5.29. The van der Waals surface area contributed by atoms with Crippen LogP contribution in [-0.4, -0.2) is 19.2 Å². The Morgan fingerprint density at radius 1 is 0.966 bits per heavy atom. The van der Waals surface area contributed by atoms with Gasteiger partial charge in [0.15, 0.2) is 11.5 Å². The van der Waals surface area contributed by atoms with Crippen molar-refractivity contribution in [3.63, 3.8) is 0 Å². The molecule has 0 aliphatic rings. The van der Waals surface area contributed by atoms with Crippen LogP contribution < -0.4 is 5.69 Å². The van der Waals surface area contributed by atoms with Crippen LogP contribution in [0.15, 0.2) is 77.6 Å². The average molecular weight is 384 g/mol. The summed E-state index contributed by atoms with van der Waals surface area (Å²) in [6.45, 7) is 2.26. The molecule has 5 rings (SSSR count). The Morgan fingerprint density at radius 2 is 1.76 bits per heavy atom. The van der Waals surface area contributed by atoms with Crippen LogP contribution in [0.5, 0.6) is 0 Å². The molecule has 5 aromatic rings. The van der Waals surface area contributed by atoms with E-state index >= 15 is 0 Å². The predicted molar refractivity (Wildman–Crippen MR) is 110 cm³/mol. The van der Waals surface area contributed by atoms with Gasteiger partial charge in [0, 0.05) is 10.9 Å². The van der Waals surface area contributed by atoms with Crippen LogP contribution in [0.3, 0.4) is 0 Å². The van der Waals surface area contributed by atoms with E-state index in [-0.39, 0.29) is 18.1 Å². The van der Waals surface area contributed by atoms with Gasteiger partial charge in [-0.15, -0.1) is 5.10 Å². The maximum atomic E-state index is 13.6. The molecule has 3 aromatic carbocycles. The third-order valence-corrected chi connectivity index (χ3v) is 4.99. The van der Waals surface area contributed by atoms with Gasteiger partial charge in [0.05, 0.1) is 12.1 Å². The normalized spacial score (nSPS) is 11.4. The number of para-hydroxylation sites is 1. The van der Waals surface area contributed by atoms with Crippen LogP contribution >= 0.6 is 0 Å². The zero-order valence-corrected chi connectivity index (χ0v) is 15.7. The van der Waals surface area contributed by atoms with Crippen molar-refractivity contribution in [2.75, 3.05) is 0 Å². The lowest BCUT2D eigenvalue weighted by Gasteiger charge is -2.11. The number of aromatic nitrogens is 4. The second kappa shape index (κ2) is 6.67. The van der Waals surface area contributed by atoms with Gasteiger partial charge in [-0.05, 0) is 36.8 Å². The van der Waals surface area contributed by atoms with Crippen molar-refractivity contribution in [1.29, 1.82) is 0 Å². The summed E-state index contributed by atoms with van der Waals surface area (Å²) in [6.07, 6.45) is 0. The number of benzene rings is 3.